The van der Waals surface area contributed by atoms with Crippen molar-refractivity contribution in [3.63, 3.8) is 0 Å². The normalized spacial score (nSPS) is 13.3. The molecule has 0 atom stereocenters. The zero-order valence-electron chi connectivity index (χ0n) is 12.5. The van der Waals surface area contributed by atoms with Gasteiger partial charge in [0.25, 0.3) is 5.91 Å². The lowest BCUT2D eigenvalue weighted by Gasteiger charge is -2.29. The number of carbonyl (C=O) groups is 2. The van der Waals surface area contributed by atoms with Gasteiger partial charge in [0.05, 0.1) is 5.56 Å². The van der Waals surface area contributed by atoms with E-state index < -0.39 is 18.4 Å². The van der Waals surface area contributed by atoms with E-state index in [-0.39, 0.29) is 11.5 Å². The van der Waals surface area contributed by atoms with E-state index in [4.69, 9.17) is 4.74 Å². The third-order valence-electron chi connectivity index (χ3n) is 3.83. The number of para-hydroxylation sites is 1. The lowest BCUT2D eigenvalue weighted by molar-refractivity contribution is -0.121. The van der Waals surface area contributed by atoms with E-state index in [0.29, 0.717) is 6.54 Å². The van der Waals surface area contributed by atoms with E-state index in [2.05, 4.69) is 0 Å². The number of anilines is 1. The number of aryl methyl sites for hydroxylation is 1. The molecule has 1 heterocycles. The van der Waals surface area contributed by atoms with E-state index >= 15 is 0 Å². The fourth-order valence-corrected chi connectivity index (χ4v) is 2.70. The summed E-state index contributed by atoms with van der Waals surface area (Å²) < 4.78 is 18.5. The van der Waals surface area contributed by atoms with E-state index in [1.54, 1.807) is 11.0 Å². The molecule has 3 rings (SSSR count). The minimum atomic E-state index is -0.832. The third-order valence-corrected chi connectivity index (χ3v) is 3.83. The number of fused-ring (bicyclic) bond motifs is 1. The molecular formula is C18H16FNO3. The maximum Gasteiger partial charge on any atom is 0.341 e. The van der Waals surface area contributed by atoms with Gasteiger partial charge in [-0.2, -0.15) is 0 Å². The number of hydrogen-bond donors (Lipinski definition) is 0. The second-order valence-corrected chi connectivity index (χ2v) is 5.33. The van der Waals surface area contributed by atoms with Gasteiger partial charge in [-0.05, 0) is 36.6 Å². The van der Waals surface area contributed by atoms with Crippen LogP contribution in [0.1, 0.15) is 22.3 Å². The molecule has 0 bridgehead atoms. The minimum absolute atomic E-state index is 0.167. The second-order valence-electron chi connectivity index (χ2n) is 5.33. The number of esters is 1. The Morgan fingerprint density at radius 1 is 1.09 bits per heavy atom. The van der Waals surface area contributed by atoms with Crippen molar-refractivity contribution >= 4 is 17.6 Å². The predicted octanol–water partition coefficient (Wildman–Crippen LogP) is 2.96. The fraction of sp³-hybridized carbons (Fsp3) is 0.222. The smallest absolute Gasteiger partial charge is 0.341 e. The molecule has 5 heteroatoms. The van der Waals surface area contributed by atoms with Crippen molar-refractivity contribution in [1.29, 1.82) is 0 Å². The van der Waals surface area contributed by atoms with Crippen LogP contribution < -0.4 is 4.90 Å². The summed E-state index contributed by atoms with van der Waals surface area (Å²) in [5.41, 5.74) is 1.79. The molecule has 2 aromatic carbocycles. The molecule has 0 spiro atoms. The first-order valence-electron chi connectivity index (χ1n) is 7.47. The summed E-state index contributed by atoms with van der Waals surface area (Å²) in [7, 11) is 0. The zero-order valence-corrected chi connectivity index (χ0v) is 12.5. The average molecular weight is 313 g/mol. The Morgan fingerprint density at radius 2 is 1.83 bits per heavy atom. The molecule has 1 aliphatic rings. The van der Waals surface area contributed by atoms with Gasteiger partial charge in [-0.3, -0.25) is 4.79 Å². The Balaban J connectivity index is 1.67. The van der Waals surface area contributed by atoms with Crippen LogP contribution in [-0.4, -0.2) is 25.0 Å². The summed E-state index contributed by atoms with van der Waals surface area (Å²) in [4.78, 5) is 25.8. The van der Waals surface area contributed by atoms with Crippen LogP contribution in [0.15, 0.2) is 48.5 Å². The van der Waals surface area contributed by atoms with E-state index in [1.807, 2.05) is 24.3 Å². The number of hydrogen-bond acceptors (Lipinski definition) is 3. The highest BCUT2D eigenvalue weighted by atomic mass is 19.1. The van der Waals surface area contributed by atoms with Crippen LogP contribution in [0.4, 0.5) is 10.1 Å². The van der Waals surface area contributed by atoms with Crippen LogP contribution in [0.5, 0.6) is 0 Å². The van der Waals surface area contributed by atoms with Gasteiger partial charge in [-0.15, -0.1) is 0 Å². The van der Waals surface area contributed by atoms with E-state index in [0.717, 1.165) is 24.1 Å². The summed E-state index contributed by atoms with van der Waals surface area (Å²) >= 11 is 0. The Bertz CT molecular complexity index is 745. The van der Waals surface area contributed by atoms with Crippen molar-refractivity contribution in [1.82, 2.24) is 0 Å². The number of ether oxygens (including phenoxy) is 1. The fourth-order valence-electron chi connectivity index (χ4n) is 2.70. The van der Waals surface area contributed by atoms with Crippen molar-refractivity contribution in [2.75, 3.05) is 18.1 Å². The molecule has 118 valence electrons. The minimum Gasteiger partial charge on any atom is -0.452 e. The first-order chi connectivity index (χ1) is 11.2. The summed E-state index contributed by atoms with van der Waals surface area (Å²) in [5.74, 6) is -1.79. The van der Waals surface area contributed by atoms with Gasteiger partial charge in [0, 0.05) is 12.2 Å². The molecule has 2 aromatic rings. The molecule has 0 radical (unpaired) electrons. The van der Waals surface area contributed by atoms with Crippen LogP contribution in [0.2, 0.25) is 0 Å². The standard InChI is InChI=1S/C18H16FNO3/c19-15-9-3-2-8-14(15)18(22)23-12-17(21)20-11-5-7-13-6-1-4-10-16(13)20/h1-4,6,8-10H,5,7,11-12H2. The Hall–Kier alpha value is -2.69. The van der Waals surface area contributed by atoms with Crippen molar-refractivity contribution < 1.29 is 18.7 Å². The van der Waals surface area contributed by atoms with Crippen LogP contribution in [-0.2, 0) is 16.0 Å². The lowest BCUT2D eigenvalue weighted by atomic mass is 10.0. The van der Waals surface area contributed by atoms with Gasteiger partial charge in [0.1, 0.15) is 5.82 Å². The lowest BCUT2D eigenvalue weighted by Crippen LogP contribution is -2.38. The first kappa shape index (κ1) is 15.2. The summed E-state index contributed by atoms with van der Waals surface area (Å²) in [6.45, 7) is 0.189. The van der Waals surface area contributed by atoms with Gasteiger partial charge in [0.2, 0.25) is 0 Å². The van der Waals surface area contributed by atoms with Gasteiger partial charge in [-0.1, -0.05) is 30.3 Å². The first-order valence-corrected chi connectivity index (χ1v) is 7.47. The van der Waals surface area contributed by atoms with Gasteiger partial charge < -0.3 is 9.64 Å². The van der Waals surface area contributed by atoms with Crippen molar-refractivity contribution in [3.05, 3.63) is 65.5 Å². The van der Waals surface area contributed by atoms with Crippen LogP contribution >= 0.6 is 0 Å². The monoisotopic (exact) mass is 313 g/mol. The topological polar surface area (TPSA) is 46.6 Å². The molecule has 0 saturated carbocycles. The number of benzene rings is 2. The number of nitrogens with zero attached hydrogens (tertiary/aromatic N) is 1. The number of carbonyl (C=O) groups excluding carboxylic acids is 2. The SMILES string of the molecule is O=C(OCC(=O)N1CCCc2ccccc21)c1ccccc1F. The third kappa shape index (κ3) is 3.23. The Morgan fingerprint density at radius 3 is 2.65 bits per heavy atom. The maximum atomic E-state index is 13.5. The molecule has 0 aliphatic carbocycles. The van der Waals surface area contributed by atoms with Crippen LogP contribution in [0.25, 0.3) is 0 Å². The Kier molecular flexibility index (Phi) is 4.37. The Labute approximate surface area is 133 Å². The van der Waals surface area contributed by atoms with Crippen molar-refractivity contribution in [2.45, 2.75) is 12.8 Å². The molecule has 0 saturated heterocycles. The second kappa shape index (κ2) is 6.60. The number of amides is 1. The summed E-state index contributed by atoms with van der Waals surface area (Å²) in [6, 6.07) is 13.2. The number of rotatable bonds is 3. The van der Waals surface area contributed by atoms with Crippen molar-refractivity contribution in [3.8, 4) is 0 Å². The van der Waals surface area contributed by atoms with E-state index in [1.165, 1.54) is 18.2 Å². The largest absolute Gasteiger partial charge is 0.452 e. The van der Waals surface area contributed by atoms with Crippen LogP contribution in [0, 0.1) is 5.82 Å². The molecule has 0 unspecified atom stereocenters. The molecule has 0 fully saturated rings. The molecular weight excluding hydrogens is 297 g/mol. The highest BCUT2D eigenvalue weighted by molar-refractivity contribution is 5.98. The average Bonchev–Trinajstić information content (AvgIpc) is 2.59. The molecule has 23 heavy (non-hydrogen) atoms. The van der Waals surface area contributed by atoms with Gasteiger partial charge in [0.15, 0.2) is 6.61 Å². The highest BCUT2D eigenvalue weighted by Crippen LogP contribution is 2.26. The van der Waals surface area contributed by atoms with Crippen LogP contribution in [0.3, 0.4) is 0 Å². The molecule has 0 aromatic heterocycles. The summed E-state index contributed by atoms with van der Waals surface area (Å²) in [5, 5.41) is 0. The van der Waals surface area contributed by atoms with Gasteiger partial charge >= 0.3 is 5.97 Å². The zero-order chi connectivity index (χ0) is 16.2. The summed E-state index contributed by atoms with van der Waals surface area (Å²) in [6.07, 6.45) is 1.79. The maximum absolute atomic E-state index is 13.5. The molecule has 1 amide bonds. The molecule has 0 N–H and O–H groups in total. The van der Waals surface area contributed by atoms with Gasteiger partial charge in [-0.25, -0.2) is 9.18 Å². The van der Waals surface area contributed by atoms with E-state index in [9.17, 15) is 14.0 Å². The number of halogens is 1. The molecule has 4 nitrogen and oxygen atoms in total. The highest BCUT2D eigenvalue weighted by Gasteiger charge is 2.23. The molecule has 1 aliphatic heterocycles. The van der Waals surface area contributed by atoms with Crippen molar-refractivity contribution in [2.24, 2.45) is 0 Å². The quantitative estimate of drug-likeness (QED) is 0.819. The predicted molar refractivity (Wildman–Crippen MR) is 83.8 cm³/mol.